The van der Waals surface area contributed by atoms with E-state index in [4.69, 9.17) is 5.73 Å². The van der Waals surface area contributed by atoms with Crippen molar-refractivity contribution in [3.8, 4) is 11.8 Å². The van der Waals surface area contributed by atoms with E-state index in [0.29, 0.717) is 0 Å². The molecule has 1 unspecified atom stereocenters. The van der Waals surface area contributed by atoms with Gasteiger partial charge in [0.05, 0.1) is 17.4 Å². The molecule has 1 aromatic heterocycles. The maximum Gasteiger partial charge on any atom is 0.0958 e. The highest BCUT2D eigenvalue weighted by molar-refractivity contribution is 5.74. The first kappa shape index (κ1) is 10.7. The third-order valence-corrected chi connectivity index (χ3v) is 2.50. The smallest absolute Gasteiger partial charge is 0.0958 e. The van der Waals surface area contributed by atoms with E-state index in [0.717, 1.165) is 24.0 Å². The van der Waals surface area contributed by atoms with Gasteiger partial charge in [0, 0.05) is 19.0 Å². The minimum absolute atomic E-state index is 0.0602. The van der Waals surface area contributed by atoms with Crippen LogP contribution in [0.2, 0.25) is 0 Å². The molecule has 0 aliphatic heterocycles. The summed E-state index contributed by atoms with van der Waals surface area (Å²) in [7, 11) is 0. The number of rotatable bonds is 3. The highest BCUT2D eigenvalue weighted by atomic mass is 15.1. The predicted molar refractivity (Wildman–Crippen MR) is 65.8 cm³/mol. The average Bonchev–Trinajstić information content (AvgIpc) is 2.70. The zero-order valence-corrected chi connectivity index (χ0v) is 9.35. The molecule has 0 bridgehead atoms. The lowest BCUT2D eigenvalue weighted by Gasteiger charge is -2.09. The summed E-state index contributed by atoms with van der Waals surface area (Å²) in [5, 5.41) is 0. The molecule has 1 atom stereocenters. The van der Waals surface area contributed by atoms with Crippen molar-refractivity contribution < 1.29 is 0 Å². The number of hydrogen-bond donors (Lipinski definition) is 1. The minimum atomic E-state index is 0.0602. The third-order valence-electron chi connectivity index (χ3n) is 2.50. The van der Waals surface area contributed by atoms with Crippen LogP contribution < -0.4 is 5.73 Å². The van der Waals surface area contributed by atoms with Crippen molar-refractivity contribution in [2.75, 3.05) is 0 Å². The van der Waals surface area contributed by atoms with Crippen LogP contribution in [0.3, 0.4) is 0 Å². The number of fused-ring (bicyclic) bond motifs is 1. The molecular weight excluding hydrogens is 198 g/mol. The summed E-state index contributed by atoms with van der Waals surface area (Å²) in [5.41, 5.74) is 8.13. The number of hydrogen-bond acceptors (Lipinski definition) is 2. The highest BCUT2D eigenvalue weighted by Crippen LogP contribution is 2.12. The SMILES string of the molecule is CC#CCC(N)Cn1cnc2ccccc21. The van der Waals surface area contributed by atoms with Gasteiger partial charge >= 0.3 is 0 Å². The molecule has 0 saturated carbocycles. The number of nitrogens with zero attached hydrogens (tertiary/aromatic N) is 2. The largest absolute Gasteiger partial charge is 0.329 e. The lowest BCUT2D eigenvalue weighted by Crippen LogP contribution is -2.25. The fraction of sp³-hybridized carbons (Fsp3) is 0.308. The van der Waals surface area contributed by atoms with Gasteiger partial charge in [0.15, 0.2) is 0 Å². The van der Waals surface area contributed by atoms with Crippen molar-refractivity contribution in [1.82, 2.24) is 9.55 Å². The van der Waals surface area contributed by atoms with Gasteiger partial charge in [0.25, 0.3) is 0 Å². The number of imidazole rings is 1. The molecule has 3 heteroatoms. The Bertz CT molecular complexity index is 531. The molecule has 2 aromatic rings. The predicted octanol–water partition coefficient (Wildman–Crippen LogP) is 1.78. The summed E-state index contributed by atoms with van der Waals surface area (Å²) < 4.78 is 2.08. The van der Waals surface area contributed by atoms with E-state index in [2.05, 4.69) is 27.5 Å². The van der Waals surface area contributed by atoms with E-state index in [-0.39, 0.29) is 6.04 Å². The molecule has 3 nitrogen and oxygen atoms in total. The van der Waals surface area contributed by atoms with E-state index in [1.165, 1.54) is 0 Å². The van der Waals surface area contributed by atoms with Crippen molar-refractivity contribution in [2.24, 2.45) is 5.73 Å². The van der Waals surface area contributed by atoms with E-state index < -0.39 is 0 Å². The molecule has 82 valence electrons. The van der Waals surface area contributed by atoms with Gasteiger partial charge in [-0.2, -0.15) is 0 Å². The summed E-state index contributed by atoms with van der Waals surface area (Å²) in [6.45, 7) is 2.59. The number of aromatic nitrogens is 2. The van der Waals surface area contributed by atoms with Crippen LogP contribution in [0.1, 0.15) is 13.3 Å². The fourth-order valence-electron chi connectivity index (χ4n) is 1.71. The molecule has 2 rings (SSSR count). The van der Waals surface area contributed by atoms with E-state index in [1.54, 1.807) is 0 Å². The first-order valence-electron chi connectivity index (χ1n) is 5.36. The molecule has 2 N–H and O–H groups in total. The van der Waals surface area contributed by atoms with E-state index in [9.17, 15) is 0 Å². The van der Waals surface area contributed by atoms with Gasteiger partial charge in [-0.05, 0) is 19.1 Å². The molecule has 1 heterocycles. The van der Waals surface area contributed by atoms with Gasteiger partial charge in [-0.15, -0.1) is 11.8 Å². The van der Waals surface area contributed by atoms with Crippen molar-refractivity contribution >= 4 is 11.0 Å². The summed E-state index contributed by atoms with van der Waals surface area (Å²) in [6, 6.07) is 8.12. The summed E-state index contributed by atoms with van der Waals surface area (Å²) in [5.74, 6) is 5.86. The molecule has 0 spiro atoms. The molecular formula is C13H15N3. The highest BCUT2D eigenvalue weighted by Gasteiger charge is 2.05. The zero-order valence-electron chi connectivity index (χ0n) is 9.35. The van der Waals surface area contributed by atoms with Gasteiger partial charge in [-0.3, -0.25) is 0 Å². The monoisotopic (exact) mass is 213 g/mol. The van der Waals surface area contributed by atoms with Crippen molar-refractivity contribution in [3.05, 3.63) is 30.6 Å². The standard InChI is InChI=1S/C13H15N3/c1-2-3-6-11(14)9-16-10-15-12-7-4-5-8-13(12)16/h4-5,7-8,10-11H,6,9,14H2,1H3. The summed E-state index contributed by atoms with van der Waals surface area (Å²) in [6.07, 6.45) is 2.56. The second-order valence-electron chi connectivity index (χ2n) is 3.78. The molecule has 0 amide bonds. The molecule has 0 fully saturated rings. The van der Waals surface area contributed by atoms with Crippen LogP contribution in [0.15, 0.2) is 30.6 Å². The maximum absolute atomic E-state index is 5.99. The maximum atomic E-state index is 5.99. The quantitative estimate of drug-likeness (QED) is 0.790. The van der Waals surface area contributed by atoms with Crippen LogP contribution in [0.5, 0.6) is 0 Å². The van der Waals surface area contributed by atoms with Crippen molar-refractivity contribution in [3.63, 3.8) is 0 Å². The summed E-state index contributed by atoms with van der Waals surface area (Å²) >= 11 is 0. The van der Waals surface area contributed by atoms with Crippen LogP contribution >= 0.6 is 0 Å². The number of nitrogens with two attached hydrogens (primary N) is 1. The fourth-order valence-corrected chi connectivity index (χ4v) is 1.71. The minimum Gasteiger partial charge on any atom is -0.329 e. The molecule has 0 saturated heterocycles. The lowest BCUT2D eigenvalue weighted by atomic mass is 10.2. The van der Waals surface area contributed by atoms with E-state index in [1.807, 2.05) is 31.5 Å². The zero-order chi connectivity index (χ0) is 11.4. The number of para-hydroxylation sites is 2. The Morgan fingerprint density at radius 2 is 2.25 bits per heavy atom. The first-order valence-corrected chi connectivity index (χ1v) is 5.36. The van der Waals surface area contributed by atoms with Crippen LogP contribution in [0.25, 0.3) is 11.0 Å². The topological polar surface area (TPSA) is 43.8 Å². The Balaban J connectivity index is 2.17. The third kappa shape index (κ3) is 2.23. The second kappa shape index (κ2) is 4.82. The van der Waals surface area contributed by atoms with Gasteiger partial charge in [-0.25, -0.2) is 4.98 Å². The molecule has 0 radical (unpaired) electrons. The second-order valence-corrected chi connectivity index (χ2v) is 3.78. The van der Waals surface area contributed by atoms with Crippen LogP contribution in [0, 0.1) is 11.8 Å². The summed E-state index contributed by atoms with van der Waals surface area (Å²) in [4.78, 5) is 4.32. The van der Waals surface area contributed by atoms with Crippen LogP contribution in [-0.4, -0.2) is 15.6 Å². The Morgan fingerprint density at radius 1 is 1.44 bits per heavy atom. The lowest BCUT2D eigenvalue weighted by molar-refractivity contribution is 0.573. The molecule has 16 heavy (non-hydrogen) atoms. The number of benzene rings is 1. The molecule has 0 aliphatic carbocycles. The van der Waals surface area contributed by atoms with Crippen molar-refractivity contribution in [1.29, 1.82) is 0 Å². The van der Waals surface area contributed by atoms with E-state index >= 15 is 0 Å². The Hall–Kier alpha value is -1.79. The Labute approximate surface area is 95.3 Å². The van der Waals surface area contributed by atoms with Gasteiger partial charge in [0.1, 0.15) is 0 Å². The normalized spacial score (nSPS) is 12.1. The Kier molecular flexibility index (Phi) is 3.23. The Morgan fingerprint density at radius 3 is 3.06 bits per heavy atom. The first-order chi connectivity index (χ1) is 7.81. The van der Waals surface area contributed by atoms with Gasteiger partial charge < -0.3 is 10.3 Å². The average molecular weight is 213 g/mol. The van der Waals surface area contributed by atoms with Gasteiger partial charge in [-0.1, -0.05) is 12.1 Å². The van der Waals surface area contributed by atoms with Crippen LogP contribution in [0.4, 0.5) is 0 Å². The van der Waals surface area contributed by atoms with Crippen molar-refractivity contribution in [2.45, 2.75) is 25.9 Å². The molecule has 0 aliphatic rings. The van der Waals surface area contributed by atoms with Gasteiger partial charge in [0.2, 0.25) is 0 Å². The molecule has 1 aromatic carbocycles. The van der Waals surface area contributed by atoms with Crippen LogP contribution in [-0.2, 0) is 6.54 Å².